The fraction of sp³-hybridized carbons (Fsp3) is 0.765. The number of nitrogens with zero attached hydrogens (tertiary/aromatic N) is 5. The van der Waals surface area contributed by atoms with Crippen LogP contribution in [0.4, 0.5) is 13.2 Å². The fourth-order valence-electron chi connectivity index (χ4n) is 3.71. The summed E-state index contributed by atoms with van der Waals surface area (Å²) < 4.78 is 39.3. The van der Waals surface area contributed by atoms with Crippen LogP contribution in [0.2, 0.25) is 0 Å². The van der Waals surface area contributed by atoms with Crippen molar-refractivity contribution in [3.05, 3.63) is 17.5 Å². The van der Waals surface area contributed by atoms with Crippen molar-refractivity contribution >= 4 is 5.91 Å². The molecule has 2 aliphatic rings. The number of aryl methyl sites for hydroxylation is 1. The summed E-state index contributed by atoms with van der Waals surface area (Å²) in [7, 11) is 3.52. The van der Waals surface area contributed by atoms with E-state index in [4.69, 9.17) is 0 Å². The van der Waals surface area contributed by atoms with E-state index in [2.05, 4.69) is 21.9 Å². The maximum atomic E-state index is 12.8. The Bertz CT molecular complexity index is 629. The van der Waals surface area contributed by atoms with Gasteiger partial charge in [0.15, 0.2) is 5.69 Å². The van der Waals surface area contributed by atoms with Crippen LogP contribution in [0.25, 0.3) is 0 Å². The molecule has 9 heteroatoms. The molecule has 0 radical (unpaired) electrons. The van der Waals surface area contributed by atoms with Crippen molar-refractivity contribution in [3.63, 3.8) is 0 Å². The van der Waals surface area contributed by atoms with Crippen molar-refractivity contribution < 1.29 is 18.0 Å². The van der Waals surface area contributed by atoms with E-state index in [1.807, 2.05) is 0 Å². The van der Waals surface area contributed by atoms with Gasteiger partial charge in [0.2, 0.25) is 0 Å². The van der Waals surface area contributed by atoms with E-state index in [0.29, 0.717) is 19.0 Å². The first-order valence-corrected chi connectivity index (χ1v) is 9.05. The SMILES string of the molecule is CN1CCC(CN2CCN(C(=O)c3cc(C(F)(F)F)nn3C)CC2)CC1. The van der Waals surface area contributed by atoms with Crippen LogP contribution in [0.1, 0.15) is 29.0 Å². The van der Waals surface area contributed by atoms with Crippen LogP contribution in [0, 0.1) is 5.92 Å². The van der Waals surface area contributed by atoms with E-state index in [9.17, 15) is 18.0 Å². The molecule has 0 aromatic carbocycles. The Labute approximate surface area is 151 Å². The van der Waals surface area contributed by atoms with Crippen LogP contribution in [-0.4, -0.2) is 83.2 Å². The molecule has 0 N–H and O–H groups in total. The maximum absolute atomic E-state index is 12.8. The predicted molar refractivity (Wildman–Crippen MR) is 90.8 cm³/mol. The Kier molecular flexibility index (Phi) is 5.57. The maximum Gasteiger partial charge on any atom is 0.435 e. The Morgan fingerprint density at radius 1 is 1.12 bits per heavy atom. The van der Waals surface area contributed by atoms with Crippen molar-refractivity contribution in [2.24, 2.45) is 13.0 Å². The lowest BCUT2D eigenvalue weighted by Gasteiger charge is -2.38. The first-order valence-electron chi connectivity index (χ1n) is 9.05. The van der Waals surface area contributed by atoms with Gasteiger partial charge in [0.05, 0.1) is 0 Å². The lowest BCUT2D eigenvalue weighted by atomic mass is 9.96. The lowest BCUT2D eigenvalue weighted by molar-refractivity contribution is -0.141. The molecule has 0 bridgehead atoms. The molecule has 2 saturated heterocycles. The van der Waals surface area contributed by atoms with Gasteiger partial charge in [0.25, 0.3) is 5.91 Å². The molecule has 3 heterocycles. The van der Waals surface area contributed by atoms with Crippen LogP contribution in [0.5, 0.6) is 0 Å². The second-order valence-corrected chi connectivity index (χ2v) is 7.38. The topological polar surface area (TPSA) is 44.6 Å². The smallest absolute Gasteiger partial charge is 0.335 e. The van der Waals surface area contributed by atoms with Gasteiger partial charge >= 0.3 is 6.18 Å². The number of carbonyl (C=O) groups excluding carboxylic acids is 1. The summed E-state index contributed by atoms with van der Waals surface area (Å²) in [5, 5.41) is 3.43. The van der Waals surface area contributed by atoms with Gasteiger partial charge in [-0.15, -0.1) is 0 Å². The molecule has 2 aliphatic heterocycles. The molecule has 146 valence electrons. The number of rotatable bonds is 3. The molecule has 6 nitrogen and oxygen atoms in total. The van der Waals surface area contributed by atoms with Crippen LogP contribution in [0.15, 0.2) is 6.07 Å². The predicted octanol–water partition coefficient (Wildman–Crippen LogP) is 1.54. The highest BCUT2D eigenvalue weighted by atomic mass is 19.4. The van der Waals surface area contributed by atoms with E-state index >= 15 is 0 Å². The molecular weight excluding hydrogens is 347 g/mol. The number of hydrogen-bond donors (Lipinski definition) is 0. The minimum Gasteiger partial charge on any atom is -0.335 e. The molecular formula is C17H26F3N5O. The summed E-state index contributed by atoms with van der Waals surface area (Å²) in [5.74, 6) is 0.314. The summed E-state index contributed by atoms with van der Waals surface area (Å²) in [6.07, 6.45) is -2.14. The standard InChI is InChI=1S/C17H26F3N5O/c1-22-5-3-13(4-6-22)12-24-7-9-25(10-8-24)16(26)14-11-15(17(18,19)20)21-23(14)2/h11,13H,3-10,12H2,1-2H3. The molecule has 0 saturated carbocycles. The Hall–Kier alpha value is -1.61. The van der Waals surface area contributed by atoms with E-state index in [-0.39, 0.29) is 11.6 Å². The number of amides is 1. The molecule has 2 fully saturated rings. The summed E-state index contributed by atoms with van der Waals surface area (Å²) in [6, 6.07) is 0.841. The molecule has 0 atom stereocenters. The second-order valence-electron chi connectivity index (χ2n) is 7.38. The number of aromatic nitrogens is 2. The van der Waals surface area contributed by atoms with Gasteiger partial charge in [0, 0.05) is 45.8 Å². The van der Waals surface area contributed by atoms with Gasteiger partial charge in [-0.05, 0) is 38.9 Å². The summed E-state index contributed by atoms with van der Waals surface area (Å²) in [5.41, 5.74) is -1.04. The monoisotopic (exact) mass is 373 g/mol. The highest BCUT2D eigenvalue weighted by molar-refractivity contribution is 5.92. The molecule has 26 heavy (non-hydrogen) atoms. The molecule has 0 aliphatic carbocycles. The molecule has 0 unspecified atom stereocenters. The molecule has 0 spiro atoms. The van der Waals surface area contributed by atoms with Gasteiger partial charge < -0.3 is 9.80 Å². The van der Waals surface area contributed by atoms with Crippen LogP contribution < -0.4 is 0 Å². The third-order valence-electron chi connectivity index (χ3n) is 5.40. The number of alkyl halides is 3. The average molecular weight is 373 g/mol. The average Bonchev–Trinajstić information content (AvgIpc) is 2.99. The van der Waals surface area contributed by atoms with Gasteiger partial charge in [0.1, 0.15) is 5.69 Å². The summed E-state index contributed by atoms with van der Waals surface area (Å²) in [6.45, 7) is 5.91. The van der Waals surface area contributed by atoms with Crippen LogP contribution in [0.3, 0.4) is 0 Å². The summed E-state index contributed by atoms with van der Waals surface area (Å²) >= 11 is 0. The largest absolute Gasteiger partial charge is 0.435 e. The number of halogens is 3. The van der Waals surface area contributed by atoms with E-state index < -0.39 is 11.9 Å². The Morgan fingerprint density at radius 2 is 1.73 bits per heavy atom. The van der Waals surface area contributed by atoms with E-state index in [1.54, 1.807) is 4.90 Å². The molecule has 1 amide bonds. The lowest BCUT2D eigenvalue weighted by Crippen LogP contribution is -2.50. The van der Waals surface area contributed by atoms with Crippen molar-refractivity contribution in [2.45, 2.75) is 19.0 Å². The van der Waals surface area contributed by atoms with Gasteiger partial charge in [-0.3, -0.25) is 14.4 Å². The highest BCUT2D eigenvalue weighted by Gasteiger charge is 2.36. The molecule has 3 rings (SSSR count). The van der Waals surface area contributed by atoms with Crippen LogP contribution in [-0.2, 0) is 13.2 Å². The van der Waals surface area contributed by atoms with Crippen molar-refractivity contribution in [2.75, 3.05) is 52.9 Å². The summed E-state index contributed by atoms with van der Waals surface area (Å²) in [4.78, 5) is 18.9. The van der Waals surface area contributed by atoms with Gasteiger partial charge in [-0.1, -0.05) is 0 Å². The normalized spacial score (nSPS) is 21.3. The zero-order valence-corrected chi connectivity index (χ0v) is 15.3. The minimum absolute atomic E-state index is 0.0129. The number of likely N-dealkylation sites (tertiary alicyclic amines) is 1. The molecule has 1 aromatic heterocycles. The number of piperazine rings is 1. The third kappa shape index (κ3) is 4.37. The van der Waals surface area contributed by atoms with Gasteiger partial charge in [-0.25, -0.2) is 0 Å². The van der Waals surface area contributed by atoms with Gasteiger partial charge in [-0.2, -0.15) is 18.3 Å². The molecule has 1 aromatic rings. The quantitative estimate of drug-likeness (QED) is 0.806. The Morgan fingerprint density at radius 3 is 2.27 bits per heavy atom. The highest BCUT2D eigenvalue weighted by Crippen LogP contribution is 2.28. The number of piperidine rings is 1. The van der Waals surface area contributed by atoms with Crippen molar-refractivity contribution in [3.8, 4) is 0 Å². The number of hydrogen-bond acceptors (Lipinski definition) is 4. The fourth-order valence-corrected chi connectivity index (χ4v) is 3.71. The second kappa shape index (κ2) is 7.56. The van der Waals surface area contributed by atoms with Crippen LogP contribution >= 0.6 is 0 Å². The number of carbonyl (C=O) groups is 1. The van der Waals surface area contributed by atoms with E-state index in [1.165, 1.54) is 19.9 Å². The van der Waals surface area contributed by atoms with Crippen molar-refractivity contribution in [1.29, 1.82) is 0 Å². The van der Waals surface area contributed by atoms with E-state index in [0.717, 1.165) is 43.5 Å². The zero-order valence-electron chi connectivity index (χ0n) is 15.3. The third-order valence-corrected chi connectivity index (χ3v) is 5.40. The minimum atomic E-state index is -4.54. The first kappa shape index (κ1) is 19.2. The zero-order chi connectivity index (χ0) is 18.9. The Balaban J connectivity index is 1.53. The first-order chi connectivity index (χ1) is 12.2. The van der Waals surface area contributed by atoms with Crippen molar-refractivity contribution in [1.82, 2.24) is 24.5 Å².